The molecule has 0 heterocycles. The molecule has 0 saturated carbocycles. The van der Waals surface area contributed by atoms with Gasteiger partial charge in [-0.15, -0.1) is 11.8 Å². The summed E-state index contributed by atoms with van der Waals surface area (Å²) in [4.78, 5) is 1.35. The van der Waals surface area contributed by atoms with Gasteiger partial charge in [0.2, 0.25) is 0 Å². The third-order valence-electron chi connectivity index (χ3n) is 2.53. The minimum absolute atomic E-state index is 1.28. The van der Waals surface area contributed by atoms with Gasteiger partial charge in [-0.1, -0.05) is 66.8 Å². The lowest BCUT2D eigenvalue weighted by Gasteiger charge is -1.98. The van der Waals surface area contributed by atoms with Crippen LogP contribution in [-0.2, 0) is 0 Å². The Balaban J connectivity index is 0.000000396. The van der Waals surface area contributed by atoms with E-state index >= 15 is 0 Å². The first-order valence-electron chi connectivity index (χ1n) is 6.87. The molecule has 20 heavy (non-hydrogen) atoms. The first kappa shape index (κ1) is 18.5. The molecule has 1 rings (SSSR count). The van der Waals surface area contributed by atoms with Crippen LogP contribution in [0, 0.1) is 0 Å². The zero-order valence-corrected chi connectivity index (χ0v) is 14.1. The first-order chi connectivity index (χ1) is 9.69. The molecule has 0 spiro atoms. The van der Waals surface area contributed by atoms with E-state index in [1.165, 1.54) is 16.0 Å². The molecule has 0 amide bonds. The van der Waals surface area contributed by atoms with Gasteiger partial charge in [0.1, 0.15) is 0 Å². The number of thioether (sulfide) groups is 1. The Morgan fingerprint density at radius 3 is 1.75 bits per heavy atom. The van der Waals surface area contributed by atoms with Crippen LogP contribution >= 0.6 is 11.8 Å². The first-order valence-corrected chi connectivity index (χ1v) is 8.10. The molecule has 0 bridgehead atoms. The maximum Gasteiger partial charge on any atom is -0.0140 e. The van der Waals surface area contributed by atoms with Gasteiger partial charge in [0.25, 0.3) is 0 Å². The highest BCUT2D eigenvalue weighted by Gasteiger charge is 1.91. The van der Waals surface area contributed by atoms with E-state index in [-0.39, 0.29) is 0 Å². The zero-order valence-electron chi connectivity index (χ0n) is 13.3. The molecule has 0 radical (unpaired) electrons. The van der Waals surface area contributed by atoms with Gasteiger partial charge in [0.05, 0.1) is 0 Å². The van der Waals surface area contributed by atoms with Gasteiger partial charge in [0, 0.05) is 0 Å². The third-order valence-corrected chi connectivity index (χ3v) is 3.31. The van der Waals surface area contributed by atoms with Crippen molar-refractivity contribution in [1.29, 1.82) is 0 Å². The molecule has 0 nitrogen and oxygen atoms in total. The number of hydrogen-bond acceptors (Lipinski definition) is 1. The maximum absolute atomic E-state index is 2.12. The molecule has 0 aliphatic carbocycles. The highest BCUT2D eigenvalue weighted by molar-refractivity contribution is 8.02. The second-order valence-corrected chi connectivity index (χ2v) is 5.19. The summed E-state index contributed by atoms with van der Waals surface area (Å²) in [6.07, 6.45) is 16.6. The van der Waals surface area contributed by atoms with Crippen LogP contribution in [0.15, 0.2) is 59.6 Å². The lowest BCUT2D eigenvalue weighted by Crippen LogP contribution is -1.77. The largest absolute Gasteiger partial charge is 0.134 e. The molecular weight excluding hydrogens is 260 g/mol. The van der Waals surface area contributed by atoms with Crippen molar-refractivity contribution in [2.75, 3.05) is 6.26 Å². The van der Waals surface area contributed by atoms with E-state index in [9.17, 15) is 0 Å². The lowest BCUT2D eigenvalue weighted by molar-refractivity contribution is 1.59. The predicted molar refractivity (Wildman–Crippen MR) is 97.9 cm³/mol. The average molecular weight is 286 g/mol. The van der Waals surface area contributed by atoms with Crippen LogP contribution in [0.5, 0.6) is 0 Å². The van der Waals surface area contributed by atoms with Crippen molar-refractivity contribution in [3.63, 3.8) is 0 Å². The topological polar surface area (TPSA) is 0 Å². The minimum atomic E-state index is 1.28. The van der Waals surface area contributed by atoms with E-state index < -0.39 is 0 Å². The second-order valence-electron chi connectivity index (χ2n) is 4.14. The molecule has 0 aromatic heterocycles. The van der Waals surface area contributed by atoms with Crippen molar-refractivity contribution in [2.24, 2.45) is 0 Å². The summed E-state index contributed by atoms with van der Waals surface area (Å²) in [6, 6.07) is 8.36. The van der Waals surface area contributed by atoms with Crippen molar-refractivity contribution >= 4 is 23.9 Å². The monoisotopic (exact) mass is 286 g/mol. The van der Waals surface area contributed by atoms with E-state index in [0.717, 1.165) is 0 Å². The molecule has 0 N–H and O–H groups in total. The maximum atomic E-state index is 2.12. The average Bonchev–Trinajstić information content (AvgIpc) is 2.48. The molecule has 0 aliphatic heterocycles. The van der Waals surface area contributed by atoms with Gasteiger partial charge in [-0.3, -0.25) is 0 Å². The van der Waals surface area contributed by atoms with Crippen LogP contribution in [0.25, 0.3) is 12.2 Å². The van der Waals surface area contributed by atoms with Crippen molar-refractivity contribution in [3.8, 4) is 0 Å². The van der Waals surface area contributed by atoms with E-state index in [0.29, 0.717) is 0 Å². The van der Waals surface area contributed by atoms with E-state index in [1.807, 2.05) is 32.9 Å². The van der Waals surface area contributed by atoms with Gasteiger partial charge in [-0.25, -0.2) is 0 Å². The Kier molecular flexibility index (Phi) is 11.6. The molecule has 0 fully saturated rings. The summed E-state index contributed by atoms with van der Waals surface area (Å²) in [5.74, 6) is 0. The fraction of sp³-hybridized carbons (Fsp3) is 0.263. The molecule has 108 valence electrons. The lowest BCUT2D eigenvalue weighted by atomic mass is 10.1. The molecule has 1 aromatic carbocycles. The Morgan fingerprint density at radius 1 is 0.900 bits per heavy atom. The summed E-state index contributed by atoms with van der Waals surface area (Å²) in [7, 11) is 0. The van der Waals surface area contributed by atoms with Crippen LogP contribution in [0.3, 0.4) is 0 Å². The summed E-state index contributed by atoms with van der Waals surface area (Å²) in [5, 5.41) is 0. The molecule has 0 saturated heterocycles. The Labute approximate surface area is 129 Å². The van der Waals surface area contributed by atoms with Crippen LogP contribution in [0.2, 0.25) is 0 Å². The van der Waals surface area contributed by atoms with Crippen LogP contribution in [0.4, 0.5) is 0 Å². The van der Waals surface area contributed by atoms with Gasteiger partial charge in [-0.2, -0.15) is 0 Å². The van der Waals surface area contributed by atoms with Gasteiger partial charge in [-0.05, 0) is 50.0 Å². The zero-order chi connectivity index (χ0) is 15.2. The van der Waals surface area contributed by atoms with Gasteiger partial charge >= 0.3 is 0 Å². The van der Waals surface area contributed by atoms with Gasteiger partial charge in [0.15, 0.2) is 0 Å². The molecule has 0 unspecified atom stereocenters. The molecule has 1 heteroatoms. The molecular formula is C19H26S. The van der Waals surface area contributed by atoms with E-state index in [2.05, 4.69) is 67.8 Å². The second kappa shape index (κ2) is 12.6. The highest BCUT2D eigenvalue weighted by Crippen LogP contribution is 2.12. The quantitative estimate of drug-likeness (QED) is 0.563. The Morgan fingerprint density at radius 2 is 1.40 bits per heavy atom. The number of hydrogen-bond donors (Lipinski definition) is 0. The van der Waals surface area contributed by atoms with Crippen LogP contribution in [0.1, 0.15) is 38.8 Å². The minimum Gasteiger partial charge on any atom is -0.134 e. The van der Waals surface area contributed by atoms with Crippen molar-refractivity contribution in [3.05, 3.63) is 70.7 Å². The van der Waals surface area contributed by atoms with Crippen LogP contribution in [-0.4, -0.2) is 6.26 Å². The highest BCUT2D eigenvalue weighted by atomic mass is 32.2. The predicted octanol–water partition coefficient (Wildman–Crippen LogP) is 6.58. The van der Waals surface area contributed by atoms with E-state index in [1.54, 1.807) is 11.8 Å². The van der Waals surface area contributed by atoms with Crippen molar-refractivity contribution < 1.29 is 0 Å². The van der Waals surface area contributed by atoms with Crippen molar-refractivity contribution in [2.45, 2.75) is 27.7 Å². The fourth-order valence-electron chi connectivity index (χ4n) is 1.47. The SMILES string of the molecule is C/C=C/C=C(/C)SC.C/C=C\c1ccccc1/C=C\C. The van der Waals surface area contributed by atoms with Gasteiger partial charge < -0.3 is 0 Å². The summed E-state index contributed by atoms with van der Waals surface area (Å²) in [6.45, 7) is 8.19. The van der Waals surface area contributed by atoms with Crippen molar-refractivity contribution in [1.82, 2.24) is 0 Å². The number of benzene rings is 1. The summed E-state index contributed by atoms with van der Waals surface area (Å²) < 4.78 is 0. The van der Waals surface area contributed by atoms with Crippen LogP contribution < -0.4 is 0 Å². The Hall–Kier alpha value is -1.47. The Bertz CT molecular complexity index is 445. The fourth-order valence-corrected chi connectivity index (χ4v) is 1.69. The molecule has 1 aromatic rings. The van der Waals surface area contributed by atoms with E-state index in [4.69, 9.17) is 0 Å². The number of allylic oxidation sites excluding steroid dienone is 6. The smallest absolute Gasteiger partial charge is 0.0140 e. The molecule has 0 aliphatic rings. The molecule has 0 atom stereocenters. The normalized spacial score (nSPS) is 12.2. The summed E-state index contributed by atoms with van der Waals surface area (Å²) >= 11 is 1.77. The standard InChI is InChI=1S/C12H14.C7H12S/c1-3-7-11-9-5-6-10-12(11)8-4-2;1-4-5-6-7(2)8-3/h3-10H,1-2H3;4-6H,1-3H3/b7-3-,8-4-;5-4+,7-6-. The summed E-state index contributed by atoms with van der Waals surface area (Å²) in [5.41, 5.74) is 2.55. The number of rotatable bonds is 4. The third kappa shape index (κ3) is 8.60.